The lowest BCUT2D eigenvalue weighted by Gasteiger charge is -2.23. The van der Waals surface area contributed by atoms with Crippen molar-refractivity contribution in [2.24, 2.45) is 0 Å². The number of hydrogen-bond donors (Lipinski definition) is 1. The van der Waals surface area contributed by atoms with Gasteiger partial charge in [0.1, 0.15) is 5.82 Å². The summed E-state index contributed by atoms with van der Waals surface area (Å²) in [6.45, 7) is 4.79. The van der Waals surface area contributed by atoms with Crippen LogP contribution < -0.4 is 4.90 Å². The van der Waals surface area contributed by atoms with Crippen LogP contribution in [0.25, 0.3) is 0 Å². The van der Waals surface area contributed by atoms with Crippen LogP contribution in [0.4, 0.5) is 15.9 Å². The van der Waals surface area contributed by atoms with Gasteiger partial charge in [0.2, 0.25) is 0 Å². The third kappa shape index (κ3) is 2.16. The van der Waals surface area contributed by atoms with Crippen molar-refractivity contribution < 1.29 is 4.39 Å². The second kappa shape index (κ2) is 4.99. The van der Waals surface area contributed by atoms with Crippen molar-refractivity contribution in [3.05, 3.63) is 42.1 Å². The first-order chi connectivity index (χ1) is 8.27. The van der Waals surface area contributed by atoms with E-state index < -0.39 is 0 Å². The fourth-order valence-electron chi connectivity index (χ4n) is 1.97. The molecule has 0 radical (unpaired) electrons. The number of nitrogens with one attached hydrogen (secondary N) is 1. The molecule has 90 valence electrons. The molecule has 0 aliphatic carbocycles. The van der Waals surface area contributed by atoms with Crippen LogP contribution in [0.3, 0.4) is 0 Å². The predicted molar refractivity (Wildman–Crippen MR) is 67.0 cm³/mol. The van der Waals surface area contributed by atoms with Crippen molar-refractivity contribution in [1.82, 2.24) is 9.97 Å². The number of rotatable bonds is 4. The first-order valence-corrected chi connectivity index (χ1v) is 5.81. The first kappa shape index (κ1) is 11.6. The zero-order chi connectivity index (χ0) is 12.3. The van der Waals surface area contributed by atoms with Crippen LogP contribution in [0.5, 0.6) is 0 Å². The number of anilines is 2. The van der Waals surface area contributed by atoms with E-state index >= 15 is 0 Å². The highest BCUT2D eigenvalue weighted by molar-refractivity contribution is 5.63. The summed E-state index contributed by atoms with van der Waals surface area (Å²) in [4.78, 5) is 8.87. The molecule has 2 aromatic rings. The van der Waals surface area contributed by atoms with E-state index in [0.29, 0.717) is 12.2 Å². The third-order valence-corrected chi connectivity index (χ3v) is 2.82. The maximum atomic E-state index is 13.7. The molecule has 0 aliphatic heterocycles. The van der Waals surface area contributed by atoms with Crippen molar-refractivity contribution >= 4 is 11.5 Å². The van der Waals surface area contributed by atoms with Crippen LogP contribution in [0.15, 0.2) is 30.7 Å². The summed E-state index contributed by atoms with van der Waals surface area (Å²) in [6.07, 6.45) is 5.65. The number of hydrogen-bond acceptors (Lipinski definition) is 2. The fourth-order valence-corrected chi connectivity index (χ4v) is 1.97. The lowest BCUT2D eigenvalue weighted by Crippen LogP contribution is -2.19. The highest BCUT2D eigenvalue weighted by Gasteiger charge is 2.15. The van der Waals surface area contributed by atoms with Gasteiger partial charge in [-0.3, -0.25) is 4.98 Å². The quantitative estimate of drug-likeness (QED) is 0.878. The number of pyridine rings is 1. The molecule has 2 rings (SSSR count). The van der Waals surface area contributed by atoms with E-state index in [4.69, 9.17) is 0 Å². The Hall–Kier alpha value is -1.84. The van der Waals surface area contributed by atoms with Crippen molar-refractivity contribution in [2.75, 3.05) is 11.4 Å². The third-order valence-electron chi connectivity index (χ3n) is 2.82. The Morgan fingerprint density at radius 2 is 2.18 bits per heavy atom. The largest absolute Gasteiger partial charge is 0.348 e. The van der Waals surface area contributed by atoms with E-state index in [9.17, 15) is 4.39 Å². The molecule has 0 amide bonds. The molecule has 4 heteroatoms. The molecular formula is C13H16FN3. The van der Waals surface area contributed by atoms with Crippen LogP contribution in [-0.2, 0) is 6.42 Å². The molecule has 0 spiro atoms. The van der Waals surface area contributed by atoms with E-state index in [2.05, 4.69) is 16.9 Å². The summed E-state index contributed by atoms with van der Waals surface area (Å²) in [7, 11) is 0. The molecule has 0 unspecified atom stereocenters. The molecule has 17 heavy (non-hydrogen) atoms. The molecular weight excluding hydrogens is 217 g/mol. The first-order valence-electron chi connectivity index (χ1n) is 5.81. The topological polar surface area (TPSA) is 31.9 Å². The van der Waals surface area contributed by atoms with Gasteiger partial charge in [0, 0.05) is 18.9 Å². The molecule has 0 aromatic carbocycles. The number of aromatic nitrogens is 2. The SMILES string of the molecule is CCc1cc[nH]c1N(CC)c1ccncc1F. The van der Waals surface area contributed by atoms with Gasteiger partial charge in [-0.05, 0) is 31.0 Å². The van der Waals surface area contributed by atoms with Crippen molar-refractivity contribution in [2.45, 2.75) is 20.3 Å². The van der Waals surface area contributed by atoms with Gasteiger partial charge in [-0.25, -0.2) is 4.39 Å². The second-order valence-electron chi connectivity index (χ2n) is 3.78. The molecule has 0 atom stereocenters. The van der Waals surface area contributed by atoms with E-state index in [1.807, 2.05) is 24.1 Å². The number of nitrogens with zero attached hydrogens (tertiary/aromatic N) is 2. The molecule has 0 saturated carbocycles. The average molecular weight is 233 g/mol. The summed E-state index contributed by atoms with van der Waals surface area (Å²) < 4.78 is 13.7. The van der Waals surface area contributed by atoms with Crippen molar-refractivity contribution in [3.63, 3.8) is 0 Å². The lowest BCUT2D eigenvalue weighted by atomic mass is 10.2. The predicted octanol–water partition coefficient (Wildman–Crippen LogP) is 3.27. The van der Waals surface area contributed by atoms with Crippen molar-refractivity contribution in [3.8, 4) is 0 Å². The molecule has 2 aromatic heterocycles. The van der Waals surface area contributed by atoms with E-state index in [1.54, 1.807) is 12.3 Å². The monoisotopic (exact) mass is 233 g/mol. The standard InChI is InChI=1S/C13H16FN3/c1-3-10-5-8-16-13(10)17(4-2)12-6-7-15-9-11(12)14/h5-9,16H,3-4H2,1-2H3. The minimum absolute atomic E-state index is 0.300. The fraction of sp³-hybridized carbons (Fsp3) is 0.308. The second-order valence-corrected chi connectivity index (χ2v) is 3.78. The number of H-pyrrole nitrogens is 1. The van der Waals surface area contributed by atoms with E-state index in [-0.39, 0.29) is 5.82 Å². The summed E-state index contributed by atoms with van der Waals surface area (Å²) in [5.74, 6) is 0.658. The minimum atomic E-state index is -0.300. The Bertz CT molecular complexity index is 493. The Balaban J connectivity index is 2.44. The smallest absolute Gasteiger partial charge is 0.165 e. The minimum Gasteiger partial charge on any atom is -0.348 e. The van der Waals surface area contributed by atoms with Crippen LogP contribution in [0, 0.1) is 5.82 Å². The average Bonchev–Trinajstić information content (AvgIpc) is 2.81. The maximum absolute atomic E-state index is 13.7. The maximum Gasteiger partial charge on any atom is 0.165 e. The summed E-state index contributed by atoms with van der Waals surface area (Å²) in [5.41, 5.74) is 1.74. The molecule has 0 bridgehead atoms. The molecule has 0 aliphatic rings. The van der Waals surface area contributed by atoms with Gasteiger partial charge >= 0.3 is 0 Å². The van der Waals surface area contributed by atoms with Gasteiger partial charge in [-0.1, -0.05) is 6.92 Å². The zero-order valence-corrected chi connectivity index (χ0v) is 10.1. The van der Waals surface area contributed by atoms with Crippen LogP contribution >= 0.6 is 0 Å². The summed E-state index contributed by atoms with van der Waals surface area (Å²) >= 11 is 0. The van der Waals surface area contributed by atoms with Crippen LogP contribution in [0.2, 0.25) is 0 Å². The molecule has 2 heterocycles. The number of aromatic amines is 1. The van der Waals surface area contributed by atoms with Gasteiger partial charge in [0.25, 0.3) is 0 Å². The Morgan fingerprint density at radius 1 is 1.35 bits per heavy atom. The van der Waals surface area contributed by atoms with Gasteiger partial charge in [0.05, 0.1) is 11.9 Å². The molecule has 3 nitrogen and oxygen atoms in total. The van der Waals surface area contributed by atoms with Gasteiger partial charge in [-0.2, -0.15) is 0 Å². The van der Waals surface area contributed by atoms with Gasteiger partial charge in [0.15, 0.2) is 5.82 Å². The highest BCUT2D eigenvalue weighted by atomic mass is 19.1. The summed E-state index contributed by atoms with van der Waals surface area (Å²) in [6, 6.07) is 3.72. The zero-order valence-electron chi connectivity index (χ0n) is 10.1. The highest BCUT2D eigenvalue weighted by Crippen LogP contribution is 2.28. The Kier molecular flexibility index (Phi) is 3.42. The Labute approximate surface area is 100 Å². The van der Waals surface area contributed by atoms with Gasteiger partial charge in [-0.15, -0.1) is 0 Å². The number of aryl methyl sites for hydroxylation is 1. The molecule has 0 saturated heterocycles. The number of halogens is 1. The van der Waals surface area contributed by atoms with Gasteiger partial charge < -0.3 is 9.88 Å². The van der Waals surface area contributed by atoms with Crippen LogP contribution in [0.1, 0.15) is 19.4 Å². The van der Waals surface area contributed by atoms with E-state index in [1.165, 1.54) is 11.8 Å². The normalized spacial score (nSPS) is 10.5. The molecule has 0 fully saturated rings. The molecule has 1 N–H and O–H groups in total. The van der Waals surface area contributed by atoms with Crippen molar-refractivity contribution in [1.29, 1.82) is 0 Å². The van der Waals surface area contributed by atoms with Crippen LogP contribution in [-0.4, -0.2) is 16.5 Å². The summed E-state index contributed by atoms with van der Waals surface area (Å²) in [5, 5.41) is 0. The Morgan fingerprint density at radius 3 is 2.82 bits per heavy atom. The van der Waals surface area contributed by atoms with E-state index in [0.717, 1.165) is 12.2 Å². The lowest BCUT2D eigenvalue weighted by molar-refractivity contribution is 0.619.